The molecule has 4 heterocycles. The van der Waals surface area contributed by atoms with E-state index in [0.717, 1.165) is 66.9 Å². The van der Waals surface area contributed by atoms with Gasteiger partial charge in [0.2, 0.25) is 5.91 Å². The van der Waals surface area contributed by atoms with E-state index in [1.54, 1.807) is 37.1 Å². The summed E-state index contributed by atoms with van der Waals surface area (Å²) < 4.78 is 37.6. The number of rotatable bonds is 5. The maximum Gasteiger partial charge on any atom is 0.308 e. The van der Waals surface area contributed by atoms with Gasteiger partial charge >= 0.3 is 5.97 Å². The van der Waals surface area contributed by atoms with E-state index in [9.17, 15) is 18.4 Å². The first kappa shape index (κ1) is 27.4. The van der Waals surface area contributed by atoms with Crippen LogP contribution in [-0.2, 0) is 40.8 Å². The number of halogens is 2. The Morgan fingerprint density at radius 2 is 1.88 bits per heavy atom. The standard InChI is InChI=1S/C30H36F2N6O3/c1-18(39)36-12-10-26-25(17-36)29(34-38(26)22-8-6-19(7-9-22)30(40)41-3)37-11-4-5-20-13-23(21-15-33-35(2)16-21)24(28(31)32)14-27(20)37/h13-16,19,22,28H,4-12,17H2,1-3H3/t19-,22-. The van der Waals surface area contributed by atoms with E-state index in [0.29, 0.717) is 37.2 Å². The number of benzene rings is 1. The third-order valence-electron chi connectivity index (χ3n) is 8.96. The molecule has 1 fully saturated rings. The molecule has 6 rings (SSSR count). The molecule has 0 unspecified atom stereocenters. The maximum absolute atomic E-state index is 14.5. The predicted octanol–water partition coefficient (Wildman–Crippen LogP) is 5.11. The van der Waals surface area contributed by atoms with Gasteiger partial charge in [-0.1, -0.05) is 0 Å². The van der Waals surface area contributed by atoms with Crippen molar-refractivity contribution in [1.82, 2.24) is 24.5 Å². The van der Waals surface area contributed by atoms with Gasteiger partial charge in [0.05, 0.1) is 31.8 Å². The van der Waals surface area contributed by atoms with E-state index < -0.39 is 6.43 Å². The Balaban J connectivity index is 1.41. The molecule has 2 aromatic heterocycles. The molecular formula is C30H36F2N6O3. The molecular weight excluding hydrogens is 530 g/mol. The fraction of sp³-hybridized carbons (Fsp3) is 0.533. The zero-order valence-corrected chi connectivity index (χ0v) is 23.8. The summed E-state index contributed by atoms with van der Waals surface area (Å²) in [6.45, 7) is 3.29. The second-order valence-corrected chi connectivity index (χ2v) is 11.4. The molecule has 1 aliphatic carbocycles. The monoisotopic (exact) mass is 566 g/mol. The summed E-state index contributed by atoms with van der Waals surface area (Å²) in [5, 5.41) is 9.36. The predicted molar refractivity (Wildman–Crippen MR) is 149 cm³/mol. The molecule has 3 aliphatic rings. The van der Waals surface area contributed by atoms with Crippen molar-refractivity contribution >= 4 is 23.4 Å². The molecule has 9 nitrogen and oxygen atoms in total. The number of alkyl halides is 2. The van der Waals surface area contributed by atoms with Gasteiger partial charge in [0.1, 0.15) is 0 Å². The van der Waals surface area contributed by atoms with Crippen molar-refractivity contribution in [3.05, 3.63) is 46.9 Å². The summed E-state index contributed by atoms with van der Waals surface area (Å²) in [5.74, 6) is 0.504. The number of methoxy groups -OCH3 is 1. The van der Waals surface area contributed by atoms with Crippen molar-refractivity contribution in [2.75, 3.05) is 25.1 Å². The van der Waals surface area contributed by atoms with E-state index in [2.05, 4.69) is 14.7 Å². The van der Waals surface area contributed by atoms with Gasteiger partial charge < -0.3 is 14.5 Å². The summed E-state index contributed by atoms with van der Waals surface area (Å²) in [5.41, 5.74) is 5.00. The fourth-order valence-electron chi connectivity index (χ4n) is 6.80. The van der Waals surface area contributed by atoms with Crippen LogP contribution in [-0.4, -0.2) is 56.5 Å². The zero-order chi connectivity index (χ0) is 28.8. The van der Waals surface area contributed by atoms with Crippen molar-refractivity contribution in [3.63, 3.8) is 0 Å². The number of amides is 1. The Hall–Kier alpha value is -3.76. The van der Waals surface area contributed by atoms with Crippen LogP contribution in [0.5, 0.6) is 0 Å². The number of carbonyl (C=O) groups is 2. The average Bonchev–Trinajstić information content (AvgIpc) is 3.59. The molecule has 11 heteroatoms. The van der Waals surface area contributed by atoms with E-state index in [-0.39, 0.29) is 29.4 Å². The van der Waals surface area contributed by atoms with Gasteiger partial charge in [-0.15, -0.1) is 0 Å². The van der Waals surface area contributed by atoms with Gasteiger partial charge in [-0.3, -0.25) is 19.0 Å². The van der Waals surface area contributed by atoms with Gasteiger partial charge in [-0.25, -0.2) is 8.78 Å². The van der Waals surface area contributed by atoms with Crippen LogP contribution in [0.25, 0.3) is 11.1 Å². The second-order valence-electron chi connectivity index (χ2n) is 11.4. The minimum absolute atomic E-state index is 0.00748. The lowest BCUT2D eigenvalue weighted by Gasteiger charge is -2.33. The lowest BCUT2D eigenvalue weighted by molar-refractivity contribution is -0.146. The Labute approximate surface area is 238 Å². The third-order valence-corrected chi connectivity index (χ3v) is 8.96. The maximum atomic E-state index is 14.5. The van der Waals surface area contributed by atoms with Crippen LogP contribution >= 0.6 is 0 Å². The summed E-state index contributed by atoms with van der Waals surface area (Å²) in [6, 6.07) is 3.65. The molecule has 2 aliphatic heterocycles. The first-order valence-corrected chi connectivity index (χ1v) is 14.4. The first-order chi connectivity index (χ1) is 19.7. The Morgan fingerprint density at radius 3 is 2.54 bits per heavy atom. The van der Waals surface area contributed by atoms with Crippen LogP contribution in [0.3, 0.4) is 0 Å². The minimum Gasteiger partial charge on any atom is -0.469 e. The molecule has 0 spiro atoms. The smallest absolute Gasteiger partial charge is 0.308 e. The van der Waals surface area contributed by atoms with Crippen LogP contribution in [0.4, 0.5) is 20.3 Å². The van der Waals surface area contributed by atoms with Gasteiger partial charge in [-0.05, 0) is 61.8 Å². The number of hydrogen-bond donors (Lipinski definition) is 0. The van der Waals surface area contributed by atoms with Gasteiger partial charge in [0.25, 0.3) is 6.43 Å². The molecule has 1 aromatic carbocycles. The van der Waals surface area contributed by atoms with Crippen LogP contribution < -0.4 is 4.90 Å². The van der Waals surface area contributed by atoms with Crippen molar-refractivity contribution in [1.29, 1.82) is 0 Å². The zero-order valence-electron chi connectivity index (χ0n) is 23.8. The van der Waals surface area contributed by atoms with Crippen LogP contribution in [0, 0.1) is 5.92 Å². The number of anilines is 2. The first-order valence-electron chi connectivity index (χ1n) is 14.4. The van der Waals surface area contributed by atoms with E-state index >= 15 is 0 Å². The second kappa shape index (κ2) is 10.9. The molecule has 1 saturated carbocycles. The summed E-state index contributed by atoms with van der Waals surface area (Å²) in [4.78, 5) is 28.4. The normalized spacial score (nSPS) is 20.6. The molecule has 0 bridgehead atoms. The largest absolute Gasteiger partial charge is 0.469 e. The number of ether oxygens (including phenoxy) is 1. The fourth-order valence-corrected chi connectivity index (χ4v) is 6.80. The Bertz CT molecular complexity index is 1470. The number of aromatic nitrogens is 4. The van der Waals surface area contributed by atoms with Crippen molar-refractivity contribution in [2.45, 2.75) is 70.9 Å². The SMILES string of the molecule is COC(=O)[C@H]1CC[C@H](n2nc(N3CCCc4cc(-c5cnn(C)c5)c(C(F)F)cc43)c3c2CCN(C(C)=O)C3)CC1. The van der Waals surface area contributed by atoms with Crippen LogP contribution in [0.15, 0.2) is 24.5 Å². The van der Waals surface area contributed by atoms with Crippen LogP contribution in [0.2, 0.25) is 0 Å². The molecule has 0 atom stereocenters. The number of carbonyl (C=O) groups excluding carboxylic acids is 2. The molecule has 1 amide bonds. The molecule has 3 aromatic rings. The molecule has 218 valence electrons. The van der Waals surface area contributed by atoms with Crippen molar-refractivity contribution < 1.29 is 23.1 Å². The molecule has 0 N–H and O–H groups in total. The van der Waals surface area contributed by atoms with Gasteiger partial charge in [0.15, 0.2) is 5.82 Å². The third kappa shape index (κ3) is 4.99. The highest BCUT2D eigenvalue weighted by Crippen LogP contribution is 2.44. The summed E-state index contributed by atoms with van der Waals surface area (Å²) >= 11 is 0. The summed E-state index contributed by atoms with van der Waals surface area (Å²) in [7, 11) is 3.21. The van der Waals surface area contributed by atoms with Gasteiger partial charge in [-0.2, -0.15) is 10.2 Å². The van der Waals surface area contributed by atoms with E-state index in [1.807, 2.05) is 11.0 Å². The minimum atomic E-state index is -2.65. The number of hydrogen-bond acceptors (Lipinski definition) is 6. The van der Waals surface area contributed by atoms with Crippen molar-refractivity contribution in [3.8, 4) is 11.1 Å². The molecule has 0 saturated heterocycles. The van der Waals surface area contributed by atoms with Gasteiger partial charge in [0, 0.05) is 67.8 Å². The number of fused-ring (bicyclic) bond motifs is 2. The highest BCUT2D eigenvalue weighted by Gasteiger charge is 2.35. The Morgan fingerprint density at radius 1 is 1.10 bits per heavy atom. The summed E-state index contributed by atoms with van der Waals surface area (Å²) in [6.07, 6.45) is 6.15. The van der Waals surface area contributed by atoms with Crippen molar-refractivity contribution in [2.24, 2.45) is 13.0 Å². The molecule has 41 heavy (non-hydrogen) atoms. The quantitative estimate of drug-likeness (QED) is 0.399. The van der Waals surface area contributed by atoms with E-state index in [1.165, 1.54) is 7.11 Å². The highest BCUT2D eigenvalue weighted by atomic mass is 19.3. The van der Waals surface area contributed by atoms with Crippen LogP contribution in [0.1, 0.15) is 73.9 Å². The number of esters is 1. The Kier molecular flexibility index (Phi) is 7.29. The lowest BCUT2D eigenvalue weighted by Crippen LogP contribution is -2.36. The average molecular weight is 567 g/mol. The topological polar surface area (TPSA) is 85.5 Å². The van der Waals surface area contributed by atoms with E-state index in [4.69, 9.17) is 9.84 Å². The number of nitrogens with zero attached hydrogens (tertiary/aromatic N) is 6. The lowest BCUT2D eigenvalue weighted by atomic mass is 9.86. The number of aryl methyl sites for hydroxylation is 2. The highest BCUT2D eigenvalue weighted by molar-refractivity contribution is 5.78. The molecule has 0 radical (unpaired) electrons.